The third kappa shape index (κ3) is 2.91. The highest BCUT2D eigenvalue weighted by Gasteiger charge is 2.28. The van der Waals surface area contributed by atoms with E-state index >= 15 is 0 Å². The van der Waals surface area contributed by atoms with Gasteiger partial charge < -0.3 is 10.2 Å². The molecule has 0 aliphatic carbocycles. The Kier molecular flexibility index (Phi) is 4.44. The molecule has 0 bridgehead atoms. The number of rotatable bonds is 1. The average Bonchev–Trinajstić information content (AvgIpc) is 2.74. The van der Waals surface area contributed by atoms with E-state index in [1.165, 1.54) is 12.0 Å². The third-order valence-corrected chi connectivity index (χ3v) is 4.68. The van der Waals surface area contributed by atoms with Crippen LogP contribution < -0.4 is 10.2 Å². The zero-order chi connectivity index (χ0) is 14.7. The van der Waals surface area contributed by atoms with E-state index in [9.17, 15) is 4.79 Å². The summed E-state index contributed by atoms with van der Waals surface area (Å²) in [7, 11) is 2.00. The van der Waals surface area contributed by atoms with Crippen molar-refractivity contribution in [3.05, 3.63) is 29.8 Å². The van der Waals surface area contributed by atoms with E-state index in [0.29, 0.717) is 6.04 Å². The van der Waals surface area contributed by atoms with Crippen molar-refractivity contribution in [2.45, 2.75) is 38.1 Å². The second kappa shape index (κ2) is 6.48. The summed E-state index contributed by atoms with van der Waals surface area (Å²) in [6.07, 6.45) is 5.65. The lowest BCUT2D eigenvalue weighted by molar-refractivity contribution is 0.193. The average molecular weight is 287 g/mol. The van der Waals surface area contributed by atoms with Gasteiger partial charge in [0.05, 0.1) is 5.69 Å². The van der Waals surface area contributed by atoms with Gasteiger partial charge in [0, 0.05) is 25.7 Å². The van der Waals surface area contributed by atoms with Crippen molar-refractivity contribution in [3.8, 4) is 0 Å². The Hall–Kier alpha value is -1.55. The van der Waals surface area contributed by atoms with E-state index < -0.39 is 0 Å². The van der Waals surface area contributed by atoms with Gasteiger partial charge in [-0.15, -0.1) is 0 Å². The van der Waals surface area contributed by atoms with Crippen LogP contribution in [0.2, 0.25) is 0 Å². The lowest BCUT2D eigenvalue weighted by atomic mass is 10.0. The van der Waals surface area contributed by atoms with Gasteiger partial charge in [0.1, 0.15) is 0 Å². The van der Waals surface area contributed by atoms with Gasteiger partial charge in [-0.1, -0.05) is 18.2 Å². The van der Waals surface area contributed by atoms with Gasteiger partial charge in [-0.2, -0.15) is 0 Å². The van der Waals surface area contributed by atoms with E-state index in [0.717, 1.165) is 51.0 Å². The predicted octanol–water partition coefficient (Wildman–Crippen LogP) is 3.15. The molecular weight excluding hydrogens is 262 g/mol. The molecule has 1 saturated heterocycles. The van der Waals surface area contributed by atoms with Crippen molar-refractivity contribution < 1.29 is 4.79 Å². The summed E-state index contributed by atoms with van der Waals surface area (Å²) in [6.45, 7) is 2.64. The zero-order valence-electron chi connectivity index (χ0n) is 12.8. The van der Waals surface area contributed by atoms with Crippen molar-refractivity contribution in [2.24, 2.45) is 0 Å². The van der Waals surface area contributed by atoms with Crippen LogP contribution in [0.15, 0.2) is 24.3 Å². The number of benzene rings is 1. The highest BCUT2D eigenvalue weighted by Crippen LogP contribution is 2.33. The predicted molar refractivity (Wildman–Crippen MR) is 85.6 cm³/mol. The van der Waals surface area contributed by atoms with Crippen LogP contribution in [0.4, 0.5) is 10.5 Å². The molecule has 2 heterocycles. The second-order valence-corrected chi connectivity index (χ2v) is 6.02. The monoisotopic (exact) mass is 287 g/mol. The van der Waals surface area contributed by atoms with Crippen molar-refractivity contribution >= 4 is 11.7 Å². The summed E-state index contributed by atoms with van der Waals surface area (Å²) in [5.74, 6) is 0. The van der Waals surface area contributed by atoms with Crippen LogP contribution in [-0.4, -0.2) is 37.6 Å². The molecule has 4 heteroatoms. The molecule has 1 aromatic carbocycles. The maximum Gasteiger partial charge on any atom is 0.324 e. The molecule has 21 heavy (non-hydrogen) atoms. The number of urea groups is 1. The first-order valence-corrected chi connectivity index (χ1v) is 8.14. The lowest BCUT2D eigenvalue weighted by Crippen LogP contribution is -2.46. The summed E-state index contributed by atoms with van der Waals surface area (Å²) >= 11 is 0. The molecule has 0 radical (unpaired) electrons. The maximum absolute atomic E-state index is 12.9. The van der Waals surface area contributed by atoms with Gasteiger partial charge in [-0.25, -0.2) is 4.79 Å². The Morgan fingerprint density at radius 2 is 1.86 bits per heavy atom. The van der Waals surface area contributed by atoms with Crippen molar-refractivity contribution in [1.82, 2.24) is 10.2 Å². The number of para-hydroxylation sites is 1. The molecule has 0 spiro atoms. The number of likely N-dealkylation sites (tertiary alicyclic amines) is 1. The minimum atomic E-state index is 0.193. The van der Waals surface area contributed by atoms with Gasteiger partial charge in [-0.3, -0.25) is 4.90 Å². The first-order chi connectivity index (χ1) is 10.3. The fraction of sp³-hybridized carbons (Fsp3) is 0.588. The summed E-state index contributed by atoms with van der Waals surface area (Å²) in [4.78, 5) is 16.9. The van der Waals surface area contributed by atoms with Gasteiger partial charge in [0.15, 0.2) is 0 Å². The summed E-state index contributed by atoms with van der Waals surface area (Å²) in [5.41, 5.74) is 2.34. The topological polar surface area (TPSA) is 35.6 Å². The molecule has 1 fully saturated rings. The Balaban J connectivity index is 1.89. The molecule has 1 aromatic rings. The molecule has 114 valence electrons. The number of nitrogens with one attached hydrogen (secondary N) is 1. The van der Waals surface area contributed by atoms with Gasteiger partial charge >= 0.3 is 6.03 Å². The molecule has 1 unspecified atom stereocenters. The highest BCUT2D eigenvalue weighted by atomic mass is 16.2. The van der Waals surface area contributed by atoms with E-state index in [1.54, 1.807) is 0 Å². The zero-order valence-corrected chi connectivity index (χ0v) is 12.8. The molecular formula is C17H25N3O. The summed E-state index contributed by atoms with van der Waals surface area (Å²) in [5, 5.41) is 3.39. The highest BCUT2D eigenvalue weighted by molar-refractivity contribution is 5.93. The SMILES string of the molecule is CNC1CCCN(C(=O)N2CCCCC2)c2ccccc21. The minimum absolute atomic E-state index is 0.193. The largest absolute Gasteiger partial charge is 0.324 e. The fourth-order valence-corrected chi connectivity index (χ4v) is 3.51. The molecule has 0 saturated carbocycles. The molecule has 3 rings (SSSR count). The van der Waals surface area contributed by atoms with Gasteiger partial charge in [0.2, 0.25) is 0 Å². The van der Waals surface area contributed by atoms with Crippen molar-refractivity contribution in [2.75, 3.05) is 31.6 Å². The molecule has 4 nitrogen and oxygen atoms in total. The molecule has 1 N–H and O–H groups in total. The second-order valence-electron chi connectivity index (χ2n) is 6.02. The number of hydrogen-bond acceptors (Lipinski definition) is 2. The van der Waals surface area contributed by atoms with Crippen molar-refractivity contribution in [1.29, 1.82) is 0 Å². The third-order valence-electron chi connectivity index (χ3n) is 4.68. The van der Waals surface area contributed by atoms with Crippen LogP contribution in [0, 0.1) is 0 Å². The Bertz CT molecular complexity index is 497. The number of nitrogens with zero attached hydrogens (tertiary/aromatic N) is 2. The fourth-order valence-electron chi connectivity index (χ4n) is 3.51. The van der Waals surface area contributed by atoms with Crippen LogP contribution in [0.25, 0.3) is 0 Å². The number of anilines is 1. The number of hydrogen-bond donors (Lipinski definition) is 1. The first kappa shape index (κ1) is 14.4. The molecule has 2 aliphatic rings. The molecule has 0 aromatic heterocycles. The number of amides is 2. The van der Waals surface area contributed by atoms with Gasteiger partial charge in [0.25, 0.3) is 0 Å². The van der Waals surface area contributed by atoms with Crippen LogP contribution >= 0.6 is 0 Å². The number of carbonyl (C=O) groups excluding carboxylic acids is 1. The van der Waals surface area contributed by atoms with Crippen LogP contribution in [0.5, 0.6) is 0 Å². The van der Waals surface area contributed by atoms with Crippen LogP contribution in [0.1, 0.15) is 43.7 Å². The molecule has 1 atom stereocenters. The van der Waals surface area contributed by atoms with E-state index in [4.69, 9.17) is 0 Å². The summed E-state index contributed by atoms with van der Waals surface area (Å²) < 4.78 is 0. The van der Waals surface area contributed by atoms with Gasteiger partial charge in [-0.05, 0) is 50.8 Å². The molecule has 2 aliphatic heterocycles. The molecule has 2 amide bonds. The number of fused-ring (bicyclic) bond motifs is 1. The lowest BCUT2D eigenvalue weighted by Gasteiger charge is -2.33. The minimum Gasteiger partial charge on any atom is -0.324 e. The number of carbonyl (C=O) groups is 1. The van der Waals surface area contributed by atoms with Crippen molar-refractivity contribution in [3.63, 3.8) is 0 Å². The smallest absolute Gasteiger partial charge is 0.324 e. The standard InChI is InChI=1S/C17H25N3O/c1-18-15-9-7-13-20(16-10-4-3-8-14(15)16)17(21)19-11-5-2-6-12-19/h3-4,8,10,15,18H,2,5-7,9,11-13H2,1H3. The van der Waals surface area contributed by atoms with Crippen LogP contribution in [-0.2, 0) is 0 Å². The van der Waals surface area contributed by atoms with E-state index in [-0.39, 0.29) is 6.03 Å². The summed E-state index contributed by atoms with van der Waals surface area (Å²) in [6, 6.07) is 8.88. The Morgan fingerprint density at radius 3 is 2.62 bits per heavy atom. The quantitative estimate of drug-likeness (QED) is 0.861. The first-order valence-electron chi connectivity index (χ1n) is 8.14. The van der Waals surface area contributed by atoms with E-state index in [1.807, 2.05) is 22.9 Å². The Morgan fingerprint density at radius 1 is 1.10 bits per heavy atom. The maximum atomic E-state index is 12.9. The number of piperidine rings is 1. The Labute approximate surface area is 127 Å². The van der Waals surface area contributed by atoms with Crippen LogP contribution in [0.3, 0.4) is 0 Å². The normalized spacial score (nSPS) is 22.6. The van der Waals surface area contributed by atoms with E-state index in [2.05, 4.69) is 23.5 Å².